The van der Waals surface area contributed by atoms with Crippen molar-refractivity contribution in [2.75, 3.05) is 0 Å². The summed E-state index contributed by atoms with van der Waals surface area (Å²) in [7, 11) is 0. The lowest BCUT2D eigenvalue weighted by molar-refractivity contribution is 0.628. The van der Waals surface area contributed by atoms with Crippen LogP contribution in [0.3, 0.4) is 0 Å². The van der Waals surface area contributed by atoms with Crippen LogP contribution in [0.4, 0.5) is 4.39 Å². The molecule has 0 unspecified atom stereocenters. The summed E-state index contributed by atoms with van der Waals surface area (Å²) in [5.74, 6) is -0.321. The summed E-state index contributed by atoms with van der Waals surface area (Å²) < 4.78 is 16.7. The van der Waals surface area contributed by atoms with E-state index in [-0.39, 0.29) is 11.4 Å². The van der Waals surface area contributed by atoms with Crippen LogP contribution in [0, 0.1) is 5.82 Å². The van der Waals surface area contributed by atoms with Gasteiger partial charge in [0, 0.05) is 17.3 Å². The molecule has 2 aromatic heterocycles. The van der Waals surface area contributed by atoms with Crippen LogP contribution in [-0.2, 0) is 0 Å². The number of hydrogen-bond donors (Lipinski definition) is 1. The lowest BCUT2D eigenvalue weighted by atomic mass is 10.1. The van der Waals surface area contributed by atoms with E-state index in [1.54, 1.807) is 22.9 Å². The van der Waals surface area contributed by atoms with Gasteiger partial charge in [-0.05, 0) is 54.6 Å². The van der Waals surface area contributed by atoms with Crippen LogP contribution in [0.15, 0.2) is 95.9 Å². The van der Waals surface area contributed by atoms with Crippen molar-refractivity contribution in [3.05, 3.63) is 123 Å². The number of H-pyrrole nitrogens is 1. The van der Waals surface area contributed by atoms with Crippen molar-refractivity contribution in [1.82, 2.24) is 19.6 Å². The highest BCUT2D eigenvalue weighted by Gasteiger charge is 2.13. The minimum Gasteiger partial charge on any atom is -0.291 e. The van der Waals surface area contributed by atoms with Crippen molar-refractivity contribution in [3.63, 3.8) is 0 Å². The van der Waals surface area contributed by atoms with Gasteiger partial charge in [0.2, 0.25) is 0 Å². The molecule has 0 bridgehead atoms. The number of nitrogens with zero attached hydrogens (tertiary/aromatic N) is 3. The lowest BCUT2D eigenvalue weighted by Crippen LogP contribution is -2.33. The Labute approximate surface area is 183 Å². The first-order chi connectivity index (χ1) is 15.6. The van der Waals surface area contributed by atoms with Crippen molar-refractivity contribution < 1.29 is 4.39 Å². The fraction of sp³-hybridized carbons (Fsp3) is 0. The van der Waals surface area contributed by atoms with Crippen molar-refractivity contribution in [1.29, 1.82) is 0 Å². The number of hydrogen-bond acceptors (Lipinski definition) is 2. The van der Waals surface area contributed by atoms with E-state index >= 15 is 0 Å². The Bertz CT molecular complexity index is 1550. The van der Waals surface area contributed by atoms with Crippen molar-refractivity contribution in [2.45, 2.75) is 0 Å². The maximum atomic E-state index is 13.5. The average Bonchev–Trinajstić information content (AvgIpc) is 3.37. The number of halogens is 1. The standard InChI is InChI=1S/C26H19FN4O/c1-18-24(26(32)31(28-18)23-10-6-3-7-11-23)16-20-17-30(22-8-4-2-5-9-22)29-25(20)19-12-14-21(27)15-13-19/h2-17,28H,1H2/b24-16-. The summed E-state index contributed by atoms with van der Waals surface area (Å²) in [5.41, 5.74) is 3.50. The summed E-state index contributed by atoms with van der Waals surface area (Å²) >= 11 is 0. The molecule has 6 heteroatoms. The Morgan fingerprint density at radius 1 is 0.875 bits per heavy atom. The summed E-state index contributed by atoms with van der Waals surface area (Å²) in [5, 5.41) is 8.70. The minimum atomic E-state index is -0.321. The maximum Gasteiger partial charge on any atom is 0.279 e. The Morgan fingerprint density at radius 3 is 2.16 bits per heavy atom. The van der Waals surface area contributed by atoms with E-state index in [2.05, 4.69) is 11.7 Å². The quantitative estimate of drug-likeness (QED) is 0.483. The van der Waals surface area contributed by atoms with Crippen molar-refractivity contribution >= 4 is 12.7 Å². The SMILES string of the molecule is C=c1[nH]n(-c2ccccc2)c(=O)/c1=C\c1cn(-c2ccccc2)nc1-c1ccc(F)cc1. The molecule has 0 saturated carbocycles. The van der Waals surface area contributed by atoms with Crippen LogP contribution in [0.1, 0.15) is 5.56 Å². The second-order valence-electron chi connectivity index (χ2n) is 7.34. The zero-order valence-electron chi connectivity index (χ0n) is 17.1. The smallest absolute Gasteiger partial charge is 0.279 e. The molecule has 2 heterocycles. The molecule has 0 aliphatic carbocycles. The highest BCUT2D eigenvalue weighted by Crippen LogP contribution is 2.24. The molecule has 0 spiro atoms. The van der Waals surface area contributed by atoms with E-state index in [0.29, 0.717) is 16.3 Å². The van der Waals surface area contributed by atoms with Gasteiger partial charge in [-0.15, -0.1) is 0 Å². The van der Waals surface area contributed by atoms with Gasteiger partial charge in [-0.3, -0.25) is 9.89 Å². The first-order valence-electron chi connectivity index (χ1n) is 10.1. The van der Waals surface area contributed by atoms with Crippen LogP contribution in [0.2, 0.25) is 0 Å². The first kappa shape index (κ1) is 19.5. The van der Waals surface area contributed by atoms with Crippen LogP contribution in [0.5, 0.6) is 0 Å². The summed E-state index contributed by atoms with van der Waals surface area (Å²) in [6, 6.07) is 25.1. The predicted octanol–water partition coefficient (Wildman–Crippen LogP) is 3.40. The summed E-state index contributed by atoms with van der Waals surface area (Å²) in [4.78, 5) is 13.1. The molecule has 156 valence electrons. The highest BCUT2D eigenvalue weighted by atomic mass is 19.1. The topological polar surface area (TPSA) is 55.6 Å². The molecular formula is C26H19FN4O. The number of aromatic amines is 1. The third-order valence-corrected chi connectivity index (χ3v) is 5.20. The fourth-order valence-electron chi connectivity index (χ4n) is 3.60. The summed E-state index contributed by atoms with van der Waals surface area (Å²) in [6.45, 7) is 4.02. The molecule has 0 fully saturated rings. The average molecular weight is 422 g/mol. The molecule has 1 N–H and O–H groups in total. The van der Waals surface area contributed by atoms with Crippen LogP contribution in [0.25, 0.3) is 35.3 Å². The zero-order chi connectivity index (χ0) is 22.1. The van der Waals surface area contributed by atoms with E-state index in [1.807, 2.05) is 66.9 Å². The third-order valence-electron chi connectivity index (χ3n) is 5.20. The monoisotopic (exact) mass is 422 g/mol. The fourth-order valence-corrected chi connectivity index (χ4v) is 3.60. The normalized spacial score (nSPS) is 11.7. The molecule has 0 radical (unpaired) electrons. The predicted molar refractivity (Wildman–Crippen MR) is 124 cm³/mol. The van der Waals surface area contributed by atoms with Gasteiger partial charge in [-0.25, -0.2) is 13.8 Å². The molecule has 5 rings (SSSR count). The van der Waals surface area contributed by atoms with Gasteiger partial charge in [0.25, 0.3) is 5.56 Å². The highest BCUT2D eigenvalue weighted by molar-refractivity contribution is 5.72. The molecule has 0 aliphatic heterocycles. The number of para-hydroxylation sites is 2. The number of aromatic nitrogens is 4. The Balaban J connectivity index is 1.72. The Hall–Kier alpha value is -4.45. The molecule has 5 aromatic rings. The van der Waals surface area contributed by atoms with Gasteiger partial charge >= 0.3 is 0 Å². The van der Waals surface area contributed by atoms with Gasteiger partial charge in [-0.1, -0.05) is 43.0 Å². The zero-order valence-corrected chi connectivity index (χ0v) is 17.1. The number of nitrogens with one attached hydrogen (secondary N) is 1. The minimum absolute atomic E-state index is 0.210. The van der Waals surface area contributed by atoms with Gasteiger partial charge in [0.15, 0.2) is 0 Å². The van der Waals surface area contributed by atoms with Gasteiger partial charge in [-0.2, -0.15) is 5.10 Å². The Morgan fingerprint density at radius 2 is 1.50 bits per heavy atom. The lowest BCUT2D eigenvalue weighted by Gasteiger charge is -2.00. The molecule has 5 nitrogen and oxygen atoms in total. The van der Waals surface area contributed by atoms with Gasteiger partial charge in [0.05, 0.1) is 27.6 Å². The molecule has 3 aromatic carbocycles. The molecule has 0 aliphatic rings. The second-order valence-corrected chi connectivity index (χ2v) is 7.34. The third kappa shape index (κ3) is 3.58. The maximum absolute atomic E-state index is 13.5. The van der Waals surface area contributed by atoms with Crippen molar-refractivity contribution in [3.8, 4) is 22.6 Å². The van der Waals surface area contributed by atoms with Crippen LogP contribution >= 0.6 is 0 Å². The van der Waals surface area contributed by atoms with Crippen molar-refractivity contribution in [2.24, 2.45) is 0 Å². The molecule has 0 amide bonds. The molecule has 0 saturated heterocycles. The van der Waals surface area contributed by atoms with Gasteiger partial charge in [0.1, 0.15) is 5.82 Å². The first-order valence-corrected chi connectivity index (χ1v) is 10.1. The molecule has 32 heavy (non-hydrogen) atoms. The molecule has 0 atom stereocenters. The van der Waals surface area contributed by atoms with Crippen LogP contribution < -0.4 is 16.1 Å². The van der Waals surface area contributed by atoms with Gasteiger partial charge < -0.3 is 0 Å². The van der Waals surface area contributed by atoms with E-state index in [9.17, 15) is 9.18 Å². The van der Waals surface area contributed by atoms with E-state index in [4.69, 9.17) is 5.10 Å². The Kier molecular flexibility index (Phi) is 4.88. The summed E-state index contributed by atoms with van der Waals surface area (Å²) in [6.07, 6.45) is 3.62. The largest absolute Gasteiger partial charge is 0.291 e. The second kappa shape index (κ2) is 8.00. The van der Waals surface area contributed by atoms with Crippen LogP contribution in [-0.4, -0.2) is 19.6 Å². The number of benzene rings is 3. The van der Waals surface area contributed by atoms with E-state index in [1.165, 1.54) is 16.8 Å². The number of rotatable bonds is 4. The molecular weight excluding hydrogens is 403 g/mol. The van der Waals surface area contributed by atoms with E-state index < -0.39 is 0 Å². The van der Waals surface area contributed by atoms with E-state index in [0.717, 1.165) is 22.5 Å².